The lowest BCUT2D eigenvalue weighted by Crippen LogP contribution is -2.12. The molecule has 0 bridgehead atoms. The standard InChI is InChI=1S/C8H11N5/c1-5(2)12-8-9-3-6-7(13-8)11-4-10-6/h3-5H,1-2H3,(H2,9,10,11,12,13). The molecule has 2 heterocycles. The SMILES string of the molecule is CC(C)Nc1ncc2[nH]cnc2n1. The Morgan fingerprint density at radius 2 is 2.23 bits per heavy atom. The maximum atomic E-state index is 4.21. The van der Waals surface area contributed by atoms with E-state index in [1.54, 1.807) is 12.5 Å². The Bertz CT molecular complexity index is 406. The Morgan fingerprint density at radius 1 is 1.38 bits per heavy atom. The highest BCUT2D eigenvalue weighted by Gasteiger charge is 2.01. The second kappa shape index (κ2) is 3.01. The van der Waals surface area contributed by atoms with E-state index in [1.165, 1.54) is 0 Å². The first-order chi connectivity index (χ1) is 6.25. The van der Waals surface area contributed by atoms with Gasteiger partial charge in [0, 0.05) is 6.04 Å². The van der Waals surface area contributed by atoms with Gasteiger partial charge in [0.25, 0.3) is 0 Å². The molecule has 2 aromatic rings. The average molecular weight is 177 g/mol. The number of hydrogen-bond donors (Lipinski definition) is 2. The van der Waals surface area contributed by atoms with Gasteiger partial charge in [0.2, 0.25) is 5.95 Å². The summed E-state index contributed by atoms with van der Waals surface area (Å²) in [5.74, 6) is 0.620. The number of hydrogen-bond acceptors (Lipinski definition) is 4. The molecule has 0 aliphatic carbocycles. The summed E-state index contributed by atoms with van der Waals surface area (Å²) in [6.45, 7) is 4.08. The molecular weight excluding hydrogens is 166 g/mol. The third-order valence-corrected chi connectivity index (χ3v) is 1.59. The molecule has 0 saturated carbocycles. The predicted molar refractivity (Wildman–Crippen MR) is 50.4 cm³/mol. The van der Waals surface area contributed by atoms with E-state index in [0.29, 0.717) is 17.6 Å². The van der Waals surface area contributed by atoms with Crippen LogP contribution in [0.3, 0.4) is 0 Å². The topological polar surface area (TPSA) is 66.5 Å². The first kappa shape index (κ1) is 7.97. The fourth-order valence-corrected chi connectivity index (χ4v) is 1.06. The third-order valence-electron chi connectivity index (χ3n) is 1.59. The highest BCUT2D eigenvalue weighted by atomic mass is 15.1. The van der Waals surface area contributed by atoms with E-state index in [0.717, 1.165) is 5.52 Å². The second-order valence-electron chi connectivity index (χ2n) is 3.13. The number of aromatic amines is 1. The molecule has 0 amide bonds. The van der Waals surface area contributed by atoms with Gasteiger partial charge in [0.15, 0.2) is 5.65 Å². The monoisotopic (exact) mass is 177 g/mol. The summed E-state index contributed by atoms with van der Waals surface area (Å²) in [6.07, 6.45) is 3.33. The van der Waals surface area contributed by atoms with Crippen LogP contribution in [0.1, 0.15) is 13.8 Å². The number of fused-ring (bicyclic) bond motifs is 1. The van der Waals surface area contributed by atoms with Gasteiger partial charge in [-0.25, -0.2) is 9.97 Å². The maximum absolute atomic E-state index is 4.21. The van der Waals surface area contributed by atoms with Crippen LogP contribution in [0.25, 0.3) is 11.2 Å². The van der Waals surface area contributed by atoms with Crippen molar-refractivity contribution in [1.29, 1.82) is 0 Å². The molecule has 2 rings (SSSR count). The van der Waals surface area contributed by atoms with Crippen molar-refractivity contribution in [1.82, 2.24) is 19.9 Å². The van der Waals surface area contributed by atoms with E-state index in [4.69, 9.17) is 0 Å². The maximum Gasteiger partial charge on any atom is 0.225 e. The van der Waals surface area contributed by atoms with Crippen LogP contribution in [-0.4, -0.2) is 26.0 Å². The largest absolute Gasteiger partial charge is 0.352 e. The number of rotatable bonds is 2. The molecule has 0 unspecified atom stereocenters. The molecular formula is C8H11N5. The van der Waals surface area contributed by atoms with E-state index < -0.39 is 0 Å². The van der Waals surface area contributed by atoms with E-state index in [2.05, 4.69) is 25.3 Å². The minimum atomic E-state index is 0.330. The van der Waals surface area contributed by atoms with Crippen molar-refractivity contribution < 1.29 is 0 Å². The van der Waals surface area contributed by atoms with Gasteiger partial charge < -0.3 is 10.3 Å². The zero-order valence-electron chi connectivity index (χ0n) is 7.57. The van der Waals surface area contributed by atoms with Crippen LogP contribution in [0.15, 0.2) is 12.5 Å². The highest BCUT2D eigenvalue weighted by Crippen LogP contribution is 2.07. The van der Waals surface area contributed by atoms with Crippen molar-refractivity contribution in [2.45, 2.75) is 19.9 Å². The van der Waals surface area contributed by atoms with Crippen molar-refractivity contribution in [2.24, 2.45) is 0 Å². The Balaban J connectivity index is 2.37. The van der Waals surface area contributed by atoms with E-state index in [-0.39, 0.29) is 0 Å². The first-order valence-corrected chi connectivity index (χ1v) is 4.18. The van der Waals surface area contributed by atoms with Crippen LogP contribution in [0, 0.1) is 0 Å². The zero-order valence-corrected chi connectivity index (χ0v) is 7.57. The Labute approximate surface area is 75.6 Å². The highest BCUT2D eigenvalue weighted by molar-refractivity contribution is 5.69. The Kier molecular flexibility index (Phi) is 1.84. The van der Waals surface area contributed by atoms with Gasteiger partial charge in [-0.2, -0.15) is 4.98 Å². The summed E-state index contributed by atoms with van der Waals surface area (Å²) in [5.41, 5.74) is 1.55. The lowest BCUT2D eigenvalue weighted by molar-refractivity contribution is 0.877. The molecule has 0 saturated heterocycles. The summed E-state index contributed by atoms with van der Waals surface area (Å²) in [6, 6.07) is 0.330. The fraction of sp³-hybridized carbons (Fsp3) is 0.375. The summed E-state index contributed by atoms with van der Waals surface area (Å²) in [7, 11) is 0. The van der Waals surface area contributed by atoms with E-state index >= 15 is 0 Å². The van der Waals surface area contributed by atoms with Crippen LogP contribution < -0.4 is 5.32 Å². The normalized spacial score (nSPS) is 11.0. The van der Waals surface area contributed by atoms with Crippen molar-refractivity contribution in [3.05, 3.63) is 12.5 Å². The van der Waals surface area contributed by atoms with E-state index in [9.17, 15) is 0 Å². The molecule has 2 N–H and O–H groups in total. The number of anilines is 1. The molecule has 0 aliphatic heterocycles. The first-order valence-electron chi connectivity index (χ1n) is 4.18. The van der Waals surface area contributed by atoms with Gasteiger partial charge in [-0.15, -0.1) is 0 Å². The molecule has 5 heteroatoms. The fourth-order valence-electron chi connectivity index (χ4n) is 1.06. The van der Waals surface area contributed by atoms with Crippen LogP contribution in [0.5, 0.6) is 0 Å². The summed E-state index contributed by atoms with van der Waals surface area (Å²) in [4.78, 5) is 15.3. The van der Waals surface area contributed by atoms with Gasteiger partial charge in [-0.3, -0.25) is 0 Å². The van der Waals surface area contributed by atoms with Crippen molar-refractivity contribution in [3.63, 3.8) is 0 Å². The average Bonchev–Trinajstić information content (AvgIpc) is 2.49. The summed E-state index contributed by atoms with van der Waals surface area (Å²) in [5, 5.41) is 3.11. The molecule has 0 fully saturated rings. The number of imidazole rings is 1. The number of aromatic nitrogens is 4. The number of nitrogens with one attached hydrogen (secondary N) is 2. The van der Waals surface area contributed by atoms with Gasteiger partial charge in [0.05, 0.1) is 12.5 Å². The zero-order chi connectivity index (χ0) is 9.26. The van der Waals surface area contributed by atoms with Gasteiger partial charge in [-0.05, 0) is 13.8 Å². The number of H-pyrrole nitrogens is 1. The molecule has 0 aliphatic rings. The van der Waals surface area contributed by atoms with Crippen molar-refractivity contribution in [3.8, 4) is 0 Å². The van der Waals surface area contributed by atoms with Crippen LogP contribution in [-0.2, 0) is 0 Å². The van der Waals surface area contributed by atoms with Crippen LogP contribution in [0.2, 0.25) is 0 Å². The second-order valence-corrected chi connectivity index (χ2v) is 3.13. The molecule has 0 aromatic carbocycles. The molecule has 0 spiro atoms. The van der Waals surface area contributed by atoms with Crippen molar-refractivity contribution >= 4 is 17.1 Å². The van der Waals surface area contributed by atoms with Gasteiger partial charge in [-0.1, -0.05) is 0 Å². The minimum Gasteiger partial charge on any atom is -0.352 e. The summed E-state index contributed by atoms with van der Waals surface area (Å²) < 4.78 is 0. The summed E-state index contributed by atoms with van der Waals surface area (Å²) >= 11 is 0. The molecule has 0 radical (unpaired) electrons. The minimum absolute atomic E-state index is 0.330. The lowest BCUT2D eigenvalue weighted by atomic mass is 10.4. The Hall–Kier alpha value is -1.65. The Morgan fingerprint density at radius 3 is 3.00 bits per heavy atom. The smallest absolute Gasteiger partial charge is 0.225 e. The van der Waals surface area contributed by atoms with Crippen LogP contribution in [0.4, 0.5) is 5.95 Å². The van der Waals surface area contributed by atoms with Gasteiger partial charge >= 0.3 is 0 Å². The van der Waals surface area contributed by atoms with Crippen molar-refractivity contribution in [2.75, 3.05) is 5.32 Å². The molecule has 13 heavy (non-hydrogen) atoms. The lowest BCUT2D eigenvalue weighted by Gasteiger charge is -2.06. The van der Waals surface area contributed by atoms with E-state index in [1.807, 2.05) is 13.8 Å². The van der Waals surface area contributed by atoms with Crippen LogP contribution >= 0.6 is 0 Å². The molecule has 2 aromatic heterocycles. The predicted octanol–water partition coefficient (Wildman–Crippen LogP) is 1.17. The molecule has 0 atom stereocenters. The quantitative estimate of drug-likeness (QED) is 0.722. The third kappa shape index (κ3) is 1.58. The number of nitrogens with zero attached hydrogens (tertiary/aromatic N) is 3. The van der Waals surface area contributed by atoms with Gasteiger partial charge in [0.1, 0.15) is 5.52 Å². The molecule has 5 nitrogen and oxygen atoms in total. The molecule has 68 valence electrons.